The van der Waals surface area contributed by atoms with Crippen LogP contribution in [0.3, 0.4) is 0 Å². The van der Waals surface area contributed by atoms with Gasteiger partial charge in [-0.05, 0) is 62.3 Å². The summed E-state index contributed by atoms with van der Waals surface area (Å²) in [5.41, 5.74) is 6.36. The molecule has 0 fully saturated rings. The Morgan fingerprint density at radius 3 is 1.95 bits per heavy atom. The molecule has 0 saturated carbocycles. The number of nitrogens with zero attached hydrogens (tertiary/aromatic N) is 2. The zero-order chi connectivity index (χ0) is 16.5. The van der Waals surface area contributed by atoms with E-state index in [-0.39, 0.29) is 16.6 Å². The van der Waals surface area contributed by atoms with Crippen LogP contribution in [-0.2, 0) is 0 Å². The van der Waals surface area contributed by atoms with E-state index in [2.05, 4.69) is 88.8 Å². The molecule has 0 spiro atoms. The van der Waals surface area contributed by atoms with Gasteiger partial charge in [-0.15, -0.1) is 0 Å². The molecular formula is C15H32N6. The van der Waals surface area contributed by atoms with E-state index in [9.17, 15) is 0 Å². The van der Waals surface area contributed by atoms with Crippen LogP contribution in [0.1, 0.15) is 62.3 Å². The molecule has 0 saturated heterocycles. The van der Waals surface area contributed by atoms with Crippen LogP contribution in [0.15, 0.2) is 17.0 Å². The van der Waals surface area contributed by atoms with Gasteiger partial charge in [0.25, 0.3) is 0 Å². The Balaban J connectivity index is 2.97. The Morgan fingerprint density at radius 2 is 1.52 bits per heavy atom. The lowest BCUT2D eigenvalue weighted by molar-refractivity contribution is 0.148. The molecule has 21 heavy (non-hydrogen) atoms. The lowest BCUT2D eigenvalue weighted by Crippen LogP contribution is -2.62. The highest BCUT2D eigenvalue weighted by Gasteiger charge is 2.22. The molecule has 6 nitrogen and oxygen atoms in total. The van der Waals surface area contributed by atoms with E-state index in [1.807, 2.05) is 11.3 Å². The Hall–Kier alpha value is -1.43. The minimum atomic E-state index is -0.160. The fourth-order valence-electron chi connectivity index (χ4n) is 1.74. The topological polar surface area (TPSA) is 63.7 Å². The number of nitrogens with one attached hydrogen (secondary N) is 4. The van der Waals surface area contributed by atoms with E-state index in [1.165, 1.54) is 0 Å². The molecule has 0 aromatic carbocycles. The SMILES string of the molecule is CC(C)(C)N=C1NC(NC(C)(C)C)=CN(NC(C)(C)C)N1. The summed E-state index contributed by atoms with van der Waals surface area (Å²) in [4.78, 5) is 4.66. The van der Waals surface area contributed by atoms with Gasteiger partial charge in [-0.25, -0.2) is 15.5 Å². The standard InChI is InChI=1S/C15H32N6/c1-13(2,3)17-11-10-21(20-15(7,8)9)19-12(16-11)18-14(4,5)6/h10,17,20H,1-9H3,(H2,16,18,19). The molecule has 0 bridgehead atoms. The maximum Gasteiger partial charge on any atom is 0.217 e. The van der Waals surface area contributed by atoms with Crippen molar-refractivity contribution in [1.82, 2.24) is 26.6 Å². The first-order valence-corrected chi connectivity index (χ1v) is 7.44. The van der Waals surface area contributed by atoms with Gasteiger partial charge < -0.3 is 10.6 Å². The van der Waals surface area contributed by atoms with Gasteiger partial charge in [0.1, 0.15) is 5.82 Å². The van der Waals surface area contributed by atoms with Gasteiger partial charge in [0.05, 0.1) is 11.7 Å². The van der Waals surface area contributed by atoms with Gasteiger partial charge in [0, 0.05) is 11.1 Å². The van der Waals surface area contributed by atoms with Gasteiger partial charge in [0.2, 0.25) is 5.96 Å². The van der Waals surface area contributed by atoms with Crippen LogP contribution in [0.25, 0.3) is 0 Å². The van der Waals surface area contributed by atoms with E-state index in [1.54, 1.807) is 0 Å². The largest absolute Gasteiger partial charge is 0.366 e. The van der Waals surface area contributed by atoms with Crippen LogP contribution < -0.4 is 21.5 Å². The highest BCUT2D eigenvalue weighted by Crippen LogP contribution is 2.10. The quantitative estimate of drug-likeness (QED) is 0.628. The maximum absolute atomic E-state index is 4.66. The second kappa shape index (κ2) is 5.75. The zero-order valence-corrected chi connectivity index (χ0v) is 15.0. The number of hydrazine groups is 2. The number of hydrogen-bond donors (Lipinski definition) is 4. The first-order chi connectivity index (χ1) is 9.23. The van der Waals surface area contributed by atoms with Crippen LogP contribution in [0.5, 0.6) is 0 Å². The smallest absolute Gasteiger partial charge is 0.217 e. The summed E-state index contributed by atoms with van der Waals surface area (Å²) in [6.07, 6.45) is 1.96. The third-order valence-electron chi connectivity index (χ3n) is 2.15. The van der Waals surface area contributed by atoms with E-state index in [4.69, 9.17) is 0 Å². The molecule has 122 valence electrons. The second-order valence-corrected chi connectivity index (χ2v) is 8.52. The van der Waals surface area contributed by atoms with Gasteiger partial charge in [0.15, 0.2) is 0 Å². The van der Waals surface area contributed by atoms with Crippen LogP contribution in [0, 0.1) is 0 Å². The third-order valence-corrected chi connectivity index (χ3v) is 2.15. The fraction of sp³-hybridized carbons (Fsp3) is 0.800. The number of hydrogen-bond acceptors (Lipinski definition) is 4. The van der Waals surface area contributed by atoms with Crippen molar-refractivity contribution >= 4 is 5.96 Å². The molecule has 4 N–H and O–H groups in total. The third kappa shape index (κ3) is 7.80. The molecule has 0 aromatic heterocycles. The van der Waals surface area contributed by atoms with Crippen molar-refractivity contribution < 1.29 is 0 Å². The normalized spacial score (nSPS) is 19.0. The van der Waals surface area contributed by atoms with Crippen molar-refractivity contribution in [3.8, 4) is 0 Å². The van der Waals surface area contributed by atoms with Gasteiger partial charge in [-0.1, -0.05) is 0 Å². The van der Waals surface area contributed by atoms with Crippen molar-refractivity contribution in [2.45, 2.75) is 78.9 Å². The molecule has 0 radical (unpaired) electrons. The summed E-state index contributed by atoms with van der Waals surface area (Å²) < 4.78 is 0. The average Bonchev–Trinajstić information content (AvgIpc) is 2.06. The molecular weight excluding hydrogens is 264 g/mol. The first-order valence-electron chi connectivity index (χ1n) is 7.44. The van der Waals surface area contributed by atoms with Crippen molar-refractivity contribution in [1.29, 1.82) is 0 Å². The predicted octanol–water partition coefficient (Wildman–Crippen LogP) is 2.04. The second-order valence-electron chi connectivity index (χ2n) is 8.52. The molecule has 6 heteroatoms. The minimum Gasteiger partial charge on any atom is -0.366 e. The molecule has 0 amide bonds. The van der Waals surface area contributed by atoms with E-state index >= 15 is 0 Å². The molecule has 0 unspecified atom stereocenters. The molecule has 0 aromatic rings. The fourth-order valence-corrected chi connectivity index (χ4v) is 1.74. The lowest BCUT2D eigenvalue weighted by Gasteiger charge is -2.37. The zero-order valence-electron chi connectivity index (χ0n) is 15.0. The molecule has 0 aliphatic carbocycles. The van der Waals surface area contributed by atoms with Gasteiger partial charge in [-0.3, -0.25) is 5.43 Å². The van der Waals surface area contributed by atoms with Gasteiger partial charge in [-0.2, -0.15) is 0 Å². The van der Waals surface area contributed by atoms with Crippen LogP contribution >= 0.6 is 0 Å². The van der Waals surface area contributed by atoms with Crippen LogP contribution in [0.2, 0.25) is 0 Å². The first kappa shape index (κ1) is 17.6. The number of aliphatic imine (C=N–C) groups is 1. The van der Waals surface area contributed by atoms with Crippen molar-refractivity contribution in [2.24, 2.45) is 4.99 Å². The monoisotopic (exact) mass is 296 g/mol. The molecule has 1 rings (SSSR count). The number of guanidine groups is 1. The molecule has 1 heterocycles. The van der Waals surface area contributed by atoms with Crippen LogP contribution in [0.4, 0.5) is 0 Å². The van der Waals surface area contributed by atoms with E-state index in [0.717, 1.165) is 5.82 Å². The average molecular weight is 296 g/mol. The predicted molar refractivity (Wildman–Crippen MR) is 89.2 cm³/mol. The Morgan fingerprint density at radius 1 is 0.952 bits per heavy atom. The lowest BCUT2D eigenvalue weighted by atomic mass is 10.1. The van der Waals surface area contributed by atoms with E-state index < -0.39 is 0 Å². The van der Waals surface area contributed by atoms with Gasteiger partial charge >= 0.3 is 0 Å². The Kier molecular flexibility index (Phi) is 4.83. The summed E-state index contributed by atoms with van der Waals surface area (Å²) in [6, 6.07) is 0. The van der Waals surface area contributed by atoms with Crippen LogP contribution in [-0.4, -0.2) is 27.7 Å². The Labute approximate surface area is 129 Å². The van der Waals surface area contributed by atoms with Crippen molar-refractivity contribution in [3.63, 3.8) is 0 Å². The molecule has 1 aliphatic rings. The highest BCUT2D eigenvalue weighted by molar-refractivity contribution is 5.82. The summed E-state index contributed by atoms with van der Waals surface area (Å²) in [7, 11) is 0. The maximum atomic E-state index is 4.66. The summed E-state index contributed by atoms with van der Waals surface area (Å²) in [5.74, 6) is 1.62. The van der Waals surface area contributed by atoms with E-state index in [0.29, 0.717) is 5.96 Å². The summed E-state index contributed by atoms with van der Waals surface area (Å²) in [5, 5.41) is 8.57. The highest BCUT2D eigenvalue weighted by atomic mass is 15.8. The number of rotatable bonds is 2. The van der Waals surface area contributed by atoms with Crippen molar-refractivity contribution in [2.75, 3.05) is 0 Å². The summed E-state index contributed by atoms with van der Waals surface area (Å²) >= 11 is 0. The molecule has 0 atom stereocenters. The minimum absolute atomic E-state index is 0.0313. The molecule has 1 aliphatic heterocycles. The van der Waals surface area contributed by atoms with Crippen molar-refractivity contribution in [3.05, 3.63) is 12.0 Å². The summed E-state index contributed by atoms with van der Waals surface area (Å²) in [6.45, 7) is 18.9. The Bertz CT molecular complexity index is 417.